The normalized spacial score (nSPS) is 21.9. The topological polar surface area (TPSA) is 66.6 Å². The predicted molar refractivity (Wildman–Crippen MR) is 71.4 cm³/mol. The Morgan fingerprint density at radius 1 is 1.50 bits per heavy atom. The predicted octanol–water partition coefficient (Wildman–Crippen LogP) is 1.75. The molecule has 0 aliphatic carbocycles. The van der Waals surface area contributed by atoms with Crippen LogP contribution in [0.1, 0.15) is 25.3 Å². The molecule has 4 heteroatoms. The van der Waals surface area contributed by atoms with E-state index in [0.717, 1.165) is 31.5 Å². The van der Waals surface area contributed by atoms with Crippen LogP contribution in [0.15, 0.2) is 24.3 Å². The Hall–Kier alpha value is -1.55. The van der Waals surface area contributed by atoms with Gasteiger partial charge in [-0.25, -0.2) is 0 Å². The fourth-order valence-corrected chi connectivity index (χ4v) is 2.69. The highest BCUT2D eigenvalue weighted by Gasteiger charge is 2.33. The van der Waals surface area contributed by atoms with Gasteiger partial charge in [-0.15, -0.1) is 0 Å². The number of nitrogens with zero attached hydrogens (tertiary/aromatic N) is 1. The number of likely N-dealkylation sites (tertiary alicyclic amines) is 1. The van der Waals surface area contributed by atoms with E-state index in [0.29, 0.717) is 0 Å². The molecular weight excluding hydrogens is 228 g/mol. The maximum absolute atomic E-state index is 11.2. The minimum Gasteiger partial charge on any atom is -0.480 e. The standard InChI is InChI=1S/C14H20N2O2/c1-10(9-11-4-6-12(15)7-5-11)16-8-2-3-13(16)14(17)18/h4-7,10,13H,2-3,8-9,15H2,1H3,(H,17,18). The average Bonchev–Trinajstić information content (AvgIpc) is 2.81. The lowest BCUT2D eigenvalue weighted by Gasteiger charge is -2.28. The van der Waals surface area contributed by atoms with E-state index in [1.54, 1.807) is 0 Å². The Bertz CT molecular complexity index is 416. The van der Waals surface area contributed by atoms with Gasteiger partial charge in [-0.2, -0.15) is 0 Å². The minimum absolute atomic E-state index is 0.247. The number of nitrogen functional groups attached to an aromatic ring is 1. The zero-order valence-electron chi connectivity index (χ0n) is 10.7. The fraction of sp³-hybridized carbons (Fsp3) is 0.500. The molecule has 0 radical (unpaired) electrons. The molecule has 4 nitrogen and oxygen atoms in total. The molecule has 2 atom stereocenters. The van der Waals surface area contributed by atoms with Gasteiger partial charge in [0.05, 0.1) is 0 Å². The van der Waals surface area contributed by atoms with Gasteiger partial charge in [-0.1, -0.05) is 12.1 Å². The fourth-order valence-electron chi connectivity index (χ4n) is 2.69. The van der Waals surface area contributed by atoms with Crippen LogP contribution < -0.4 is 5.73 Å². The molecule has 0 spiro atoms. The van der Waals surface area contributed by atoms with E-state index < -0.39 is 5.97 Å². The Morgan fingerprint density at radius 3 is 2.78 bits per heavy atom. The number of hydrogen-bond acceptors (Lipinski definition) is 3. The molecule has 18 heavy (non-hydrogen) atoms. The van der Waals surface area contributed by atoms with Crippen molar-refractivity contribution in [3.8, 4) is 0 Å². The quantitative estimate of drug-likeness (QED) is 0.797. The average molecular weight is 248 g/mol. The Balaban J connectivity index is 2.01. The van der Waals surface area contributed by atoms with Gasteiger partial charge in [0.1, 0.15) is 6.04 Å². The molecule has 0 aromatic heterocycles. The van der Waals surface area contributed by atoms with Crippen molar-refractivity contribution in [3.05, 3.63) is 29.8 Å². The van der Waals surface area contributed by atoms with E-state index in [9.17, 15) is 9.90 Å². The second-order valence-electron chi connectivity index (χ2n) is 5.03. The molecule has 1 saturated heterocycles. The first-order chi connectivity index (χ1) is 8.58. The summed E-state index contributed by atoms with van der Waals surface area (Å²) in [6.07, 6.45) is 2.61. The van der Waals surface area contributed by atoms with Crippen LogP contribution in [0.25, 0.3) is 0 Å². The van der Waals surface area contributed by atoms with Gasteiger partial charge in [0, 0.05) is 11.7 Å². The van der Waals surface area contributed by atoms with Crippen LogP contribution in [0.5, 0.6) is 0 Å². The summed E-state index contributed by atoms with van der Waals surface area (Å²) in [5.41, 5.74) is 7.62. The Labute approximate surface area is 107 Å². The highest BCUT2D eigenvalue weighted by Crippen LogP contribution is 2.22. The van der Waals surface area contributed by atoms with Crippen LogP contribution in [0.3, 0.4) is 0 Å². The number of nitrogens with two attached hydrogens (primary N) is 1. The Morgan fingerprint density at radius 2 is 2.17 bits per heavy atom. The molecule has 1 aliphatic rings. The van der Waals surface area contributed by atoms with E-state index in [1.165, 1.54) is 5.56 Å². The number of anilines is 1. The number of rotatable bonds is 4. The maximum atomic E-state index is 11.2. The van der Waals surface area contributed by atoms with Gasteiger partial charge in [0.15, 0.2) is 0 Å². The van der Waals surface area contributed by atoms with Crippen LogP contribution in [0.2, 0.25) is 0 Å². The van der Waals surface area contributed by atoms with Crippen molar-refractivity contribution in [2.75, 3.05) is 12.3 Å². The highest BCUT2D eigenvalue weighted by atomic mass is 16.4. The second-order valence-corrected chi connectivity index (χ2v) is 5.03. The summed E-state index contributed by atoms with van der Waals surface area (Å²) in [6, 6.07) is 7.74. The molecule has 2 rings (SSSR count). The summed E-state index contributed by atoms with van der Waals surface area (Å²) in [5, 5.41) is 9.18. The van der Waals surface area contributed by atoms with E-state index in [4.69, 9.17) is 5.73 Å². The van der Waals surface area contributed by atoms with E-state index in [2.05, 4.69) is 11.8 Å². The number of carboxylic acid groups (broad SMARTS) is 1. The molecule has 98 valence electrons. The molecule has 0 saturated carbocycles. The summed E-state index contributed by atoms with van der Waals surface area (Å²) in [4.78, 5) is 13.3. The molecule has 1 heterocycles. The minimum atomic E-state index is -0.698. The third kappa shape index (κ3) is 2.82. The van der Waals surface area contributed by atoms with Crippen LogP contribution in [-0.4, -0.2) is 34.6 Å². The van der Waals surface area contributed by atoms with Crippen molar-refractivity contribution in [1.29, 1.82) is 0 Å². The van der Waals surface area contributed by atoms with E-state index in [-0.39, 0.29) is 12.1 Å². The van der Waals surface area contributed by atoms with Gasteiger partial charge < -0.3 is 10.8 Å². The van der Waals surface area contributed by atoms with Gasteiger partial charge in [-0.3, -0.25) is 9.69 Å². The third-order valence-corrected chi connectivity index (χ3v) is 3.66. The SMILES string of the molecule is CC(Cc1ccc(N)cc1)N1CCCC1C(=O)O. The first kappa shape index (κ1) is 12.9. The third-order valence-electron chi connectivity index (χ3n) is 3.66. The summed E-state index contributed by atoms with van der Waals surface area (Å²) < 4.78 is 0. The lowest BCUT2D eigenvalue weighted by atomic mass is 10.0. The van der Waals surface area contributed by atoms with Crippen molar-refractivity contribution in [3.63, 3.8) is 0 Å². The molecule has 2 unspecified atom stereocenters. The van der Waals surface area contributed by atoms with Crippen molar-refractivity contribution in [1.82, 2.24) is 4.90 Å². The first-order valence-electron chi connectivity index (χ1n) is 6.41. The molecule has 1 fully saturated rings. The van der Waals surface area contributed by atoms with Crippen molar-refractivity contribution in [2.24, 2.45) is 0 Å². The molecule has 1 aromatic carbocycles. The summed E-state index contributed by atoms with van der Waals surface area (Å²) in [5.74, 6) is -0.698. The van der Waals surface area contributed by atoms with E-state index >= 15 is 0 Å². The summed E-state index contributed by atoms with van der Waals surface area (Å²) in [6.45, 7) is 2.98. The lowest BCUT2D eigenvalue weighted by Crippen LogP contribution is -2.42. The van der Waals surface area contributed by atoms with Crippen molar-refractivity contribution < 1.29 is 9.90 Å². The van der Waals surface area contributed by atoms with Crippen molar-refractivity contribution >= 4 is 11.7 Å². The van der Waals surface area contributed by atoms with E-state index in [1.807, 2.05) is 24.3 Å². The highest BCUT2D eigenvalue weighted by molar-refractivity contribution is 5.73. The lowest BCUT2D eigenvalue weighted by molar-refractivity contribution is -0.142. The largest absolute Gasteiger partial charge is 0.480 e. The summed E-state index contributed by atoms with van der Waals surface area (Å²) >= 11 is 0. The molecule has 0 bridgehead atoms. The van der Waals surface area contributed by atoms with Gasteiger partial charge in [-0.05, 0) is 50.4 Å². The van der Waals surface area contributed by atoms with Crippen molar-refractivity contribution in [2.45, 2.75) is 38.3 Å². The smallest absolute Gasteiger partial charge is 0.320 e. The molecule has 1 aliphatic heterocycles. The molecular formula is C14H20N2O2. The van der Waals surface area contributed by atoms with Crippen LogP contribution >= 0.6 is 0 Å². The number of carbonyl (C=O) groups is 1. The molecule has 3 N–H and O–H groups in total. The van der Waals surface area contributed by atoms with Crippen LogP contribution in [0.4, 0.5) is 5.69 Å². The Kier molecular flexibility index (Phi) is 3.87. The van der Waals surface area contributed by atoms with Gasteiger partial charge in [0.25, 0.3) is 0 Å². The number of carboxylic acids is 1. The first-order valence-corrected chi connectivity index (χ1v) is 6.41. The maximum Gasteiger partial charge on any atom is 0.320 e. The molecule has 1 aromatic rings. The van der Waals surface area contributed by atoms with Gasteiger partial charge in [0.2, 0.25) is 0 Å². The van der Waals surface area contributed by atoms with Crippen LogP contribution in [0, 0.1) is 0 Å². The van der Waals surface area contributed by atoms with Gasteiger partial charge >= 0.3 is 5.97 Å². The monoisotopic (exact) mass is 248 g/mol. The zero-order valence-corrected chi connectivity index (χ0v) is 10.7. The second kappa shape index (κ2) is 5.40. The summed E-state index contributed by atoms with van der Waals surface area (Å²) in [7, 11) is 0. The number of aliphatic carboxylic acids is 1. The molecule has 0 amide bonds. The van der Waals surface area contributed by atoms with Crippen LogP contribution in [-0.2, 0) is 11.2 Å². The number of benzene rings is 1. The zero-order chi connectivity index (χ0) is 13.1. The number of hydrogen-bond donors (Lipinski definition) is 2.